The number of hydrogen-bond donors (Lipinski definition) is 2. The normalized spacial score (nSPS) is 15.2. The molecule has 2 aromatic carbocycles. The molecule has 1 aromatic heterocycles. The average Bonchev–Trinajstić information content (AvgIpc) is 3.01. The highest BCUT2D eigenvalue weighted by Crippen LogP contribution is 2.36. The van der Waals surface area contributed by atoms with E-state index in [-0.39, 0.29) is 27.2 Å². The first-order valence-electron chi connectivity index (χ1n) is 8.35. The third-order valence-corrected chi connectivity index (χ3v) is 6.71. The van der Waals surface area contributed by atoms with E-state index in [1.807, 2.05) is 0 Å². The van der Waals surface area contributed by atoms with Crippen LogP contribution in [0.2, 0.25) is 5.02 Å². The number of benzene rings is 2. The minimum Gasteiger partial charge on any atom is -0.459 e. The number of furan rings is 1. The van der Waals surface area contributed by atoms with E-state index < -0.39 is 15.9 Å². The van der Waals surface area contributed by atoms with E-state index in [1.54, 1.807) is 25.1 Å². The van der Waals surface area contributed by atoms with Crippen molar-refractivity contribution in [2.45, 2.75) is 35.8 Å². The Morgan fingerprint density at radius 3 is 2.74 bits per heavy atom. The Balaban J connectivity index is 0.00000210. The summed E-state index contributed by atoms with van der Waals surface area (Å²) in [6.45, 7) is 3.04. The molecule has 2 N–H and O–H groups in total. The first kappa shape index (κ1) is 20.2. The maximum Gasteiger partial charge on any atom is 0.206 e. The van der Waals surface area contributed by atoms with Gasteiger partial charge in [-0.1, -0.05) is 23.7 Å². The molecular formula is C19H19Cl2NO4S. The molecule has 0 amide bonds. The van der Waals surface area contributed by atoms with Crippen LogP contribution in [0, 0.1) is 0 Å². The van der Waals surface area contributed by atoms with Crippen molar-refractivity contribution < 1.29 is 17.9 Å². The number of fused-ring (bicyclic) bond motifs is 3. The standard InChI is InChI=1S/C19H18ClNO4S.ClH/c1-11(22)12-3-2-4-13(7-12)26(23,24)14-8-15-16-10-21-6-5-18(16)25-19(15)17(20)9-14;/h2-4,7-9,11,21-22H,5-6,10H2,1H3;1H. The lowest BCUT2D eigenvalue weighted by atomic mass is 10.1. The van der Waals surface area contributed by atoms with Crippen LogP contribution in [0.25, 0.3) is 11.0 Å². The number of halogens is 2. The van der Waals surface area contributed by atoms with Crippen molar-refractivity contribution >= 4 is 44.8 Å². The minimum atomic E-state index is -3.77. The predicted octanol–water partition coefficient (Wildman–Crippen LogP) is 4.04. The van der Waals surface area contributed by atoms with Crippen molar-refractivity contribution in [2.24, 2.45) is 0 Å². The van der Waals surface area contributed by atoms with Gasteiger partial charge < -0.3 is 14.8 Å². The fraction of sp³-hybridized carbons (Fsp3) is 0.263. The van der Waals surface area contributed by atoms with E-state index in [2.05, 4.69) is 5.32 Å². The number of aliphatic hydroxyl groups is 1. The Morgan fingerprint density at radius 1 is 1.22 bits per heavy atom. The maximum atomic E-state index is 13.1. The molecule has 0 saturated heterocycles. The third kappa shape index (κ3) is 3.48. The van der Waals surface area contributed by atoms with Gasteiger partial charge in [-0.15, -0.1) is 12.4 Å². The molecule has 144 valence electrons. The summed E-state index contributed by atoms with van der Waals surface area (Å²) in [4.78, 5) is 0.244. The molecule has 0 fully saturated rings. The Hall–Kier alpha value is -1.57. The number of aliphatic hydroxyl groups excluding tert-OH is 1. The first-order valence-corrected chi connectivity index (χ1v) is 10.2. The van der Waals surface area contributed by atoms with Crippen LogP contribution in [-0.4, -0.2) is 20.1 Å². The van der Waals surface area contributed by atoms with E-state index in [0.717, 1.165) is 29.7 Å². The Morgan fingerprint density at radius 2 is 2.00 bits per heavy atom. The second kappa shape index (κ2) is 7.45. The van der Waals surface area contributed by atoms with Gasteiger partial charge in [-0.3, -0.25) is 0 Å². The van der Waals surface area contributed by atoms with Gasteiger partial charge in [0.15, 0.2) is 5.58 Å². The van der Waals surface area contributed by atoms with Crippen LogP contribution in [0.4, 0.5) is 0 Å². The predicted molar refractivity (Wildman–Crippen MR) is 106 cm³/mol. The maximum absolute atomic E-state index is 13.1. The Bertz CT molecular complexity index is 1110. The van der Waals surface area contributed by atoms with E-state index in [0.29, 0.717) is 17.7 Å². The lowest BCUT2D eigenvalue weighted by molar-refractivity contribution is 0.199. The topological polar surface area (TPSA) is 79.5 Å². The monoisotopic (exact) mass is 427 g/mol. The highest BCUT2D eigenvalue weighted by molar-refractivity contribution is 7.91. The molecule has 0 bridgehead atoms. The summed E-state index contributed by atoms with van der Waals surface area (Å²) in [6, 6.07) is 9.38. The molecule has 1 aliphatic rings. The van der Waals surface area contributed by atoms with Crippen LogP contribution in [0.15, 0.2) is 50.6 Å². The molecule has 0 radical (unpaired) electrons. The van der Waals surface area contributed by atoms with Gasteiger partial charge >= 0.3 is 0 Å². The third-order valence-electron chi connectivity index (χ3n) is 4.70. The molecule has 5 nitrogen and oxygen atoms in total. The smallest absolute Gasteiger partial charge is 0.206 e. The second-order valence-corrected chi connectivity index (χ2v) is 8.82. The first-order chi connectivity index (χ1) is 12.4. The largest absolute Gasteiger partial charge is 0.459 e. The molecule has 0 spiro atoms. The molecule has 1 atom stereocenters. The van der Waals surface area contributed by atoms with Gasteiger partial charge in [-0.05, 0) is 36.8 Å². The van der Waals surface area contributed by atoms with Gasteiger partial charge in [0.05, 0.1) is 20.9 Å². The van der Waals surface area contributed by atoms with Gasteiger partial charge in [0.1, 0.15) is 5.76 Å². The number of sulfone groups is 1. The average molecular weight is 428 g/mol. The number of nitrogens with one attached hydrogen (secondary N) is 1. The van der Waals surface area contributed by atoms with Gasteiger partial charge in [-0.25, -0.2) is 8.42 Å². The SMILES string of the molecule is CC(O)c1cccc(S(=O)(=O)c2cc(Cl)c3oc4c(c3c2)CNCC4)c1.Cl. The summed E-state index contributed by atoms with van der Waals surface area (Å²) in [5.74, 6) is 0.853. The van der Waals surface area contributed by atoms with E-state index in [4.69, 9.17) is 16.0 Å². The van der Waals surface area contributed by atoms with Crippen molar-refractivity contribution in [3.63, 3.8) is 0 Å². The van der Waals surface area contributed by atoms with Gasteiger partial charge in [0.25, 0.3) is 0 Å². The fourth-order valence-corrected chi connectivity index (χ4v) is 4.97. The summed E-state index contributed by atoms with van der Waals surface area (Å²) >= 11 is 6.34. The lowest BCUT2D eigenvalue weighted by Crippen LogP contribution is -2.22. The van der Waals surface area contributed by atoms with Gasteiger partial charge in [0, 0.05) is 30.5 Å². The summed E-state index contributed by atoms with van der Waals surface area (Å²) in [6.07, 6.45) is 0.00182. The molecule has 3 aromatic rings. The van der Waals surface area contributed by atoms with Crippen molar-refractivity contribution in [1.29, 1.82) is 0 Å². The highest BCUT2D eigenvalue weighted by atomic mass is 35.5. The number of rotatable bonds is 3. The molecule has 8 heteroatoms. The zero-order chi connectivity index (χ0) is 18.5. The van der Waals surface area contributed by atoms with Crippen LogP contribution in [0.1, 0.15) is 29.9 Å². The zero-order valence-electron chi connectivity index (χ0n) is 14.5. The van der Waals surface area contributed by atoms with Crippen LogP contribution in [0.5, 0.6) is 0 Å². The van der Waals surface area contributed by atoms with E-state index in [1.165, 1.54) is 18.2 Å². The molecule has 0 aliphatic carbocycles. The summed E-state index contributed by atoms with van der Waals surface area (Å²) in [5, 5.41) is 14.0. The summed E-state index contributed by atoms with van der Waals surface area (Å²) in [7, 11) is -3.77. The second-order valence-electron chi connectivity index (χ2n) is 6.46. The molecular weight excluding hydrogens is 409 g/mol. The van der Waals surface area contributed by atoms with Crippen LogP contribution < -0.4 is 5.32 Å². The van der Waals surface area contributed by atoms with Crippen LogP contribution in [-0.2, 0) is 22.8 Å². The lowest BCUT2D eigenvalue weighted by Gasteiger charge is -2.11. The van der Waals surface area contributed by atoms with Crippen molar-refractivity contribution in [3.8, 4) is 0 Å². The summed E-state index contributed by atoms with van der Waals surface area (Å²) < 4.78 is 32.1. The molecule has 2 heterocycles. The Kier molecular flexibility index (Phi) is 5.57. The number of hydrogen-bond acceptors (Lipinski definition) is 5. The molecule has 4 rings (SSSR count). The fourth-order valence-electron chi connectivity index (χ4n) is 3.28. The van der Waals surface area contributed by atoms with Gasteiger partial charge in [0.2, 0.25) is 9.84 Å². The van der Waals surface area contributed by atoms with E-state index in [9.17, 15) is 13.5 Å². The van der Waals surface area contributed by atoms with Crippen LogP contribution >= 0.6 is 24.0 Å². The van der Waals surface area contributed by atoms with Crippen molar-refractivity contribution in [2.75, 3.05) is 6.54 Å². The Labute approximate surface area is 168 Å². The highest BCUT2D eigenvalue weighted by Gasteiger charge is 2.25. The molecule has 1 unspecified atom stereocenters. The van der Waals surface area contributed by atoms with E-state index >= 15 is 0 Å². The zero-order valence-corrected chi connectivity index (χ0v) is 16.9. The molecule has 27 heavy (non-hydrogen) atoms. The minimum absolute atomic E-state index is 0. The van der Waals surface area contributed by atoms with Crippen molar-refractivity contribution in [1.82, 2.24) is 5.32 Å². The molecule has 1 aliphatic heterocycles. The summed E-state index contributed by atoms with van der Waals surface area (Å²) in [5.41, 5.74) is 2.03. The quantitative estimate of drug-likeness (QED) is 0.658. The van der Waals surface area contributed by atoms with Crippen LogP contribution in [0.3, 0.4) is 0 Å². The van der Waals surface area contributed by atoms with Gasteiger partial charge in [-0.2, -0.15) is 0 Å². The molecule has 0 saturated carbocycles. The van der Waals surface area contributed by atoms with Crippen molar-refractivity contribution in [3.05, 3.63) is 58.3 Å².